The predicted octanol–water partition coefficient (Wildman–Crippen LogP) is -0.694. The first-order valence-corrected chi connectivity index (χ1v) is 5.06. The summed E-state index contributed by atoms with van der Waals surface area (Å²) in [6.45, 7) is 3.39. The van der Waals surface area contributed by atoms with E-state index in [9.17, 15) is 4.79 Å². The fourth-order valence-corrected chi connectivity index (χ4v) is 1.19. The molecule has 3 N–H and O–H groups in total. The van der Waals surface area contributed by atoms with Crippen molar-refractivity contribution in [3.05, 3.63) is 11.9 Å². The van der Waals surface area contributed by atoms with Crippen LogP contribution in [-0.4, -0.2) is 34.0 Å². The Morgan fingerprint density at radius 2 is 2.47 bits per heavy atom. The number of nitrogens with zero attached hydrogens (tertiary/aromatic N) is 3. The van der Waals surface area contributed by atoms with Crippen molar-refractivity contribution in [2.45, 2.75) is 26.3 Å². The van der Waals surface area contributed by atoms with Gasteiger partial charge in [0.05, 0.1) is 12.2 Å². The Balaban J connectivity index is 2.29. The number of aromatic nitrogens is 3. The maximum Gasteiger partial charge on any atom is 0.216 e. The van der Waals surface area contributed by atoms with Crippen LogP contribution in [0.1, 0.15) is 19.0 Å². The summed E-state index contributed by atoms with van der Waals surface area (Å²) < 4.78 is 1.72. The van der Waals surface area contributed by atoms with Crippen LogP contribution in [0.3, 0.4) is 0 Å². The molecule has 0 spiro atoms. The van der Waals surface area contributed by atoms with Gasteiger partial charge in [-0.1, -0.05) is 5.21 Å². The molecule has 6 nitrogen and oxygen atoms in total. The molecule has 0 radical (unpaired) electrons. The lowest BCUT2D eigenvalue weighted by atomic mass is 10.2. The van der Waals surface area contributed by atoms with Crippen LogP contribution in [0, 0.1) is 0 Å². The standard InChI is InChI=1S/C9H17N5O/c1-8(15)11-5-6-14-7-9(12-13-14)3-2-4-10/h7H,2-6,10H2,1H3,(H,11,15). The van der Waals surface area contributed by atoms with Crippen LogP contribution in [0.2, 0.25) is 0 Å². The van der Waals surface area contributed by atoms with Crippen LogP contribution in [0.25, 0.3) is 0 Å². The van der Waals surface area contributed by atoms with Crippen molar-refractivity contribution >= 4 is 5.91 Å². The van der Waals surface area contributed by atoms with E-state index in [-0.39, 0.29) is 5.91 Å². The predicted molar refractivity (Wildman–Crippen MR) is 56.1 cm³/mol. The second kappa shape index (κ2) is 6.13. The molecule has 1 aromatic heterocycles. The average Bonchev–Trinajstić information content (AvgIpc) is 2.62. The molecule has 0 aliphatic carbocycles. The quantitative estimate of drug-likeness (QED) is 0.652. The van der Waals surface area contributed by atoms with Gasteiger partial charge in [-0.15, -0.1) is 5.10 Å². The highest BCUT2D eigenvalue weighted by Crippen LogP contribution is 1.96. The molecular formula is C9H17N5O. The molecule has 0 unspecified atom stereocenters. The van der Waals surface area contributed by atoms with Crippen molar-refractivity contribution in [2.75, 3.05) is 13.1 Å². The monoisotopic (exact) mass is 211 g/mol. The zero-order chi connectivity index (χ0) is 11.1. The molecule has 0 aliphatic heterocycles. The minimum Gasteiger partial charge on any atom is -0.354 e. The van der Waals surface area contributed by atoms with Crippen LogP contribution in [0.4, 0.5) is 0 Å². The minimum atomic E-state index is -0.0292. The van der Waals surface area contributed by atoms with E-state index >= 15 is 0 Å². The van der Waals surface area contributed by atoms with Gasteiger partial charge in [0.1, 0.15) is 0 Å². The lowest BCUT2D eigenvalue weighted by Crippen LogP contribution is -2.24. The smallest absolute Gasteiger partial charge is 0.216 e. The van der Waals surface area contributed by atoms with Crippen LogP contribution >= 0.6 is 0 Å². The molecule has 0 saturated carbocycles. The number of aryl methyl sites for hydroxylation is 1. The summed E-state index contributed by atoms with van der Waals surface area (Å²) in [6, 6.07) is 0. The Hall–Kier alpha value is -1.43. The van der Waals surface area contributed by atoms with E-state index < -0.39 is 0 Å². The Labute approximate surface area is 88.8 Å². The third kappa shape index (κ3) is 4.55. The largest absolute Gasteiger partial charge is 0.354 e. The number of carbonyl (C=O) groups is 1. The van der Waals surface area contributed by atoms with Gasteiger partial charge in [0.25, 0.3) is 0 Å². The summed E-state index contributed by atoms with van der Waals surface area (Å²) in [7, 11) is 0. The van der Waals surface area contributed by atoms with Gasteiger partial charge in [-0.2, -0.15) is 0 Å². The Kier molecular flexibility index (Phi) is 4.76. The molecule has 0 atom stereocenters. The van der Waals surface area contributed by atoms with Crippen LogP contribution < -0.4 is 11.1 Å². The molecule has 0 aromatic carbocycles. The van der Waals surface area contributed by atoms with Crippen molar-refractivity contribution in [1.29, 1.82) is 0 Å². The van der Waals surface area contributed by atoms with Crippen molar-refractivity contribution in [1.82, 2.24) is 20.3 Å². The molecule has 1 rings (SSSR count). The first-order valence-electron chi connectivity index (χ1n) is 5.06. The first kappa shape index (κ1) is 11.6. The van der Waals surface area contributed by atoms with Crippen molar-refractivity contribution in [2.24, 2.45) is 5.73 Å². The average molecular weight is 211 g/mol. The van der Waals surface area contributed by atoms with Crippen molar-refractivity contribution in [3.8, 4) is 0 Å². The molecular weight excluding hydrogens is 194 g/mol. The molecule has 0 aliphatic rings. The van der Waals surface area contributed by atoms with Gasteiger partial charge in [-0.3, -0.25) is 9.48 Å². The second-order valence-electron chi connectivity index (χ2n) is 3.35. The highest BCUT2D eigenvalue weighted by atomic mass is 16.1. The zero-order valence-corrected chi connectivity index (χ0v) is 8.94. The third-order valence-electron chi connectivity index (χ3n) is 1.94. The number of nitrogens with two attached hydrogens (primary N) is 1. The number of hydrogen-bond donors (Lipinski definition) is 2. The number of rotatable bonds is 6. The third-order valence-corrected chi connectivity index (χ3v) is 1.94. The van der Waals surface area contributed by atoms with Crippen molar-refractivity contribution < 1.29 is 4.79 Å². The molecule has 0 fully saturated rings. The molecule has 1 heterocycles. The van der Waals surface area contributed by atoms with Gasteiger partial charge in [-0.05, 0) is 19.4 Å². The summed E-state index contributed by atoms with van der Waals surface area (Å²) in [5.74, 6) is -0.0292. The summed E-state index contributed by atoms with van der Waals surface area (Å²) in [5.41, 5.74) is 6.34. The topological polar surface area (TPSA) is 85.8 Å². The highest BCUT2D eigenvalue weighted by molar-refractivity contribution is 5.72. The van der Waals surface area contributed by atoms with Crippen LogP contribution in [0.5, 0.6) is 0 Å². The molecule has 1 amide bonds. The lowest BCUT2D eigenvalue weighted by molar-refractivity contribution is -0.118. The van der Waals surface area contributed by atoms with E-state index in [2.05, 4.69) is 15.6 Å². The van der Waals surface area contributed by atoms with Crippen molar-refractivity contribution in [3.63, 3.8) is 0 Å². The van der Waals surface area contributed by atoms with E-state index in [1.54, 1.807) is 4.68 Å². The van der Waals surface area contributed by atoms with E-state index in [4.69, 9.17) is 5.73 Å². The zero-order valence-electron chi connectivity index (χ0n) is 8.94. The molecule has 84 valence electrons. The molecule has 1 aromatic rings. The van der Waals surface area contributed by atoms with E-state index in [0.29, 0.717) is 19.6 Å². The van der Waals surface area contributed by atoms with Gasteiger partial charge in [0.15, 0.2) is 0 Å². The SMILES string of the molecule is CC(=O)NCCn1cc(CCCN)nn1. The van der Waals surface area contributed by atoms with Gasteiger partial charge in [-0.25, -0.2) is 0 Å². The van der Waals surface area contributed by atoms with Gasteiger partial charge in [0.2, 0.25) is 5.91 Å². The molecule has 6 heteroatoms. The highest BCUT2D eigenvalue weighted by Gasteiger charge is 2.00. The molecule has 0 bridgehead atoms. The number of nitrogens with one attached hydrogen (secondary N) is 1. The normalized spacial score (nSPS) is 10.3. The summed E-state index contributed by atoms with van der Waals surface area (Å²) >= 11 is 0. The molecule has 15 heavy (non-hydrogen) atoms. The summed E-state index contributed by atoms with van der Waals surface area (Å²) in [4.78, 5) is 10.6. The number of amides is 1. The van der Waals surface area contributed by atoms with E-state index in [0.717, 1.165) is 18.5 Å². The number of hydrogen-bond acceptors (Lipinski definition) is 4. The number of carbonyl (C=O) groups excluding carboxylic acids is 1. The minimum absolute atomic E-state index is 0.0292. The van der Waals surface area contributed by atoms with Gasteiger partial charge >= 0.3 is 0 Å². The van der Waals surface area contributed by atoms with E-state index in [1.165, 1.54) is 6.92 Å². The maximum absolute atomic E-state index is 10.6. The van der Waals surface area contributed by atoms with Crippen LogP contribution in [-0.2, 0) is 17.8 Å². The first-order chi connectivity index (χ1) is 7.22. The fourth-order valence-electron chi connectivity index (χ4n) is 1.19. The Bertz CT molecular complexity index is 309. The Morgan fingerprint density at radius 3 is 3.13 bits per heavy atom. The Morgan fingerprint density at radius 1 is 1.67 bits per heavy atom. The maximum atomic E-state index is 10.6. The summed E-state index contributed by atoms with van der Waals surface area (Å²) in [5, 5.41) is 10.6. The lowest BCUT2D eigenvalue weighted by Gasteiger charge is -2.00. The molecule has 0 saturated heterocycles. The summed E-state index contributed by atoms with van der Waals surface area (Å²) in [6.07, 6.45) is 3.67. The second-order valence-corrected chi connectivity index (χ2v) is 3.35. The van der Waals surface area contributed by atoms with Gasteiger partial charge in [0, 0.05) is 19.7 Å². The van der Waals surface area contributed by atoms with Crippen LogP contribution in [0.15, 0.2) is 6.20 Å². The van der Waals surface area contributed by atoms with Gasteiger partial charge < -0.3 is 11.1 Å². The fraction of sp³-hybridized carbons (Fsp3) is 0.667. The van der Waals surface area contributed by atoms with E-state index in [1.807, 2.05) is 6.20 Å².